The molecule has 2 aromatic carbocycles. The molecule has 0 heterocycles. The number of aliphatic hydroxyl groups excluding tert-OH is 1. The minimum atomic E-state index is -0.585. The molecule has 94 valence electrons. The van der Waals surface area contributed by atoms with E-state index in [1.54, 1.807) is 12.1 Å². The Bertz CT molecular complexity index is 488. The Morgan fingerprint density at radius 1 is 0.944 bits per heavy atom. The summed E-state index contributed by atoms with van der Waals surface area (Å²) >= 11 is 5.84. The van der Waals surface area contributed by atoms with Crippen LogP contribution in [0, 0.1) is 0 Å². The summed E-state index contributed by atoms with van der Waals surface area (Å²) in [5.41, 5.74) is 3.09. The van der Waals surface area contributed by atoms with Crippen molar-refractivity contribution in [2.45, 2.75) is 25.9 Å². The lowest BCUT2D eigenvalue weighted by atomic mass is 9.99. The average molecular weight is 261 g/mol. The Hall–Kier alpha value is -1.31. The number of benzene rings is 2. The lowest BCUT2D eigenvalue weighted by molar-refractivity contribution is 0.220. The van der Waals surface area contributed by atoms with Crippen molar-refractivity contribution >= 4 is 11.6 Å². The molecule has 0 aromatic heterocycles. The van der Waals surface area contributed by atoms with Crippen LogP contribution in [0.15, 0.2) is 48.5 Å². The summed E-state index contributed by atoms with van der Waals surface area (Å²) in [6, 6.07) is 15.4. The van der Waals surface area contributed by atoms with Gasteiger partial charge in [0.05, 0.1) is 0 Å². The fourth-order valence-electron chi connectivity index (χ4n) is 1.99. The third-order valence-corrected chi connectivity index (χ3v) is 3.27. The first-order valence-corrected chi connectivity index (χ1v) is 6.61. The molecule has 2 aromatic rings. The van der Waals surface area contributed by atoms with E-state index < -0.39 is 6.10 Å². The van der Waals surface area contributed by atoms with E-state index in [9.17, 15) is 5.11 Å². The number of rotatable bonds is 4. The summed E-state index contributed by atoms with van der Waals surface area (Å²) in [7, 11) is 0. The van der Waals surface area contributed by atoms with Crippen molar-refractivity contribution in [3.63, 3.8) is 0 Å². The second kappa shape index (κ2) is 6.03. The second-order valence-electron chi connectivity index (χ2n) is 4.45. The highest BCUT2D eigenvalue weighted by Crippen LogP contribution is 2.23. The van der Waals surface area contributed by atoms with Crippen LogP contribution in [0.3, 0.4) is 0 Å². The number of hydrogen-bond donors (Lipinski definition) is 1. The normalized spacial score (nSPS) is 12.4. The van der Waals surface area contributed by atoms with Crippen LogP contribution < -0.4 is 0 Å². The predicted octanol–water partition coefficient (Wildman–Crippen LogP) is 4.37. The fraction of sp³-hybridized carbons (Fsp3) is 0.250. The lowest BCUT2D eigenvalue weighted by Gasteiger charge is -2.12. The summed E-state index contributed by atoms with van der Waals surface area (Å²) in [5, 5.41) is 10.9. The summed E-state index contributed by atoms with van der Waals surface area (Å²) in [6.07, 6.45) is 1.63. The number of aryl methyl sites for hydroxylation is 1. The quantitative estimate of drug-likeness (QED) is 0.865. The van der Waals surface area contributed by atoms with Crippen LogP contribution in [-0.4, -0.2) is 5.11 Å². The first-order valence-electron chi connectivity index (χ1n) is 6.23. The standard InChI is InChI=1S/C16H17ClO/c1-2-3-12-4-6-13(7-5-12)16(18)14-8-10-15(17)11-9-14/h4-11,16,18H,2-3H2,1H3. The average Bonchev–Trinajstić information content (AvgIpc) is 2.40. The molecule has 1 nitrogen and oxygen atoms in total. The zero-order valence-corrected chi connectivity index (χ0v) is 11.2. The van der Waals surface area contributed by atoms with Gasteiger partial charge in [-0.15, -0.1) is 0 Å². The summed E-state index contributed by atoms with van der Waals surface area (Å²) < 4.78 is 0. The van der Waals surface area contributed by atoms with Crippen molar-refractivity contribution in [1.29, 1.82) is 0 Å². The molecular formula is C16H17ClO. The van der Waals surface area contributed by atoms with Gasteiger partial charge in [-0.3, -0.25) is 0 Å². The van der Waals surface area contributed by atoms with Crippen LogP contribution in [0.5, 0.6) is 0 Å². The van der Waals surface area contributed by atoms with E-state index in [1.807, 2.05) is 24.3 Å². The highest BCUT2D eigenvalue weighted by molar-refractivity contribution is 6.30. The first-order chi connectivity index (χ1) is 8.70. The van der Waals surface area contributed by atoms with Crippen LogP contribution in [-0.2, 0) is 6.42 Å². The minimum absolute atomic E-state index is 0.585. The molecule has 0 fully saturated rings. The fourth-order valence-corrected chi connectivity index (χ4v) is 2.12. The monoisotopic (exact) mass is 260 g/mol. The van der Waals surface area contributed by atoms with Crippen LogP contribution >= 0.6 is 11.6 Å². The molecule has 1 atom stereocenters. The smallest absolute Gasteiger partial charge is 0.104 e. The molecule has 0 amide bonds. The maximum absolute atomic E-state index is 10.3. The molecule has 0 aliphatic carbocycles. The maximum Gasteiger partial charge on any atom is 0.104 e. The van der Waals surface area contributed by atoms with Gasteiger partial charge >= 0.3 is 0 Å². The van der Waals surface area contributed by atoms with Crippen LogP contribution in [0.2, 0.25) is 5.02 Å². The number of halogens is 1. The SMILES string of the molecule is CCCc1ccc(C(O)c2ccc(Cl)cc2)cc1. The molecule has 0 spiro atoms. The van der Waals surface area contributed by atoms with Gasteiger partial charge in [-0.25, -0.2) is 0 Å². The first kappa shape index (κ1) is 13.1. The minimum Gasteiger partial charge on any atom is -0.384 e. The van der Waals surface area contributed by atoms with Gasteiger partial charge in [0.25, 0.3) is 0 Å². The van der Waals surface area contributed by atoms with Crippen molar-refractivity contribution < 1.29 is 5.11 Å². The molecule has 0 aliphatic rings. The van der Waals surface area contributed by atoms with Gasteiger partial charge in [0.15, 0.2) is 0 Å². The Kier molecular flexibility index (Phi) is 4.40. The van der Waals surface area contributed by atoms with Crippen molar-refractivity contribution in [1.82, 2.24) is 0 Å². The van der Waals surface area contributed by atoms with Gasteiger partial charge in [0.2, 0.25) is 0 Å². The van der Waals surface area contributed by atoms with Gasteiger partial charge in [-0.1, -0.05) is 61.3 Å². The summed E-state index contributed by atoms with van der Waals surface area (Å²) in [4.78, 5) is 0. The Morgan fingerprint density at radius 2 is 1.44 bits per heavy atom. The van der Waals surface area contributed by atoms with Gasteiger partial charge in [0, 0.05) is 5.02 Å². The van der Waals surface area contributed by atoms with Crippen molar-refractivity contribution in [3.05, 3.63) is 70.2 Å². The Labute approximate surface area is 113 Å². The zero-order valence-electron chi connectivity index (χ0n) is 10.4. The van der Waals surface area contributed by atoms with Gasteiger partial charge in [-0.05, 0) is 35.2 Å². The van der Waals surface area contributed by atoms with E-state index in [0.717, 1.165) is 24.0 Å². The number of hydrogen-bond acceptors (Lipinski definition) is 1. The van der Waals surface area contributed by atoms with Crippen LogP contribution in [0.4, 0.5) is 0 Å². The van der Waals surface area contributed by atoms with Gasteiger partial charge in [-0.2, -0.15) is 0 Å². The molecule has 0 saturated heterocycles. The molecular weight excluding hydrogens is 244 g/mol. The third-order valence-electron chi connectivity index (χ3n) is 3.02. The van der Waals surface area contributed by atoms with Gasteiger partial charge in [0.1, 0.15) is 6.10 Å². The molecule has 0 radical (unpaired) electrons. The molecule has 0 bridgehead atoms. The highest BCUT2D eigenvalue weighted by atomic mass is 35.5. The number of aliphatic hydroxyl groups is 1. The molecule has 2 heteroatoms. The van der Waals surface area contributed by atoms with Crippen LogP contribution in [0.25, 0.3) is 0 Å². The van der Waals surface area contributed by atoms with Crippen LogP contribution in [0.1, 0.15) is 36.1 Å². The van der Waals surface area contributed by atoms with E-state index in [2.05, 4.69) is 19.1 Å². The third kappa shape index (κ3) is 3.12. The largest absolute Gasteiger partial charge is 0.384 e. The van der Waals surface area contributed by atoms with Crippen molar-refractivity contribution in [2.75, 3.05) is 0 Å². The zero-order chi connectivity index (χ0) is 13.0. The highest BCUT2D eigenvalue weighted by Gasteiger charge is 2.09. The molecule has 1 unspecified atom stereocenters. The van der Waals surface area contributed by atoms with E-state index in [-0.39, 0.29) is 0 Å². The van der Waals surface area contributed by atoms with E-state index in [4.69, 9.17) is 11.6 Å². The predicted molar refractivity (Wildman–Crippen MR) is 76.0 cm³/mol. The van der Waals surface area contributed by atoms with E-state index >= 15 is 0 Å². The topological polar surface area (TPSA) is 20.2 Å². The van der Waals surface area contributed by atoms with Crippen molar-refractivity contribution in [3.8, 4) is 0 Å². The Balaban J connectivity index is 2.17. The lowest BCUT2D eigenvalue weighted by Crippen LogP contribution is -1.99. The molecule has 0 aliphatic heterocycles. The van der Waals surface area contributed by atoms with E-state index in [1.165, 1.54) is 5.56 Å². The van der Waals surface area contributed by atoms with Gasteiger partial charge < -0.3 is 5.11 Å². The summed E-state index contributed by atoms with van der Waals surface area (Å²) in [6.45, 7) is 2.16. The molecule has 2 rings (SSSR count). The molecule has 1 N–H and O–H groups in total. The second-order valence-corrected chi connectivity index (χ2v) is 4.88. The molecule has 0 saturated carbocycles. The molecule has 18 heavy (non-hydrogen) atoms. The maximum atomic E-state index is 10.3. The van der Waals surface area contributed by atoms with E-state index in [0.29, 0.717) is 5.02 Å². The Morgan fingerprint density at radius 3 is 1.94 bits per heavy atom. The summed E-state index contributed by atoms with van der Waals surface area (Å²) in [5.74, 6) is 0. The van der Waals surface area contributed by atoms with Crippen molar-refractivity contribution in [2.24, 2.45) is 0 Å².